The number of nitrogens with zero attached hydrogens (tertiary/aromatic N) is 1. The molecule has 1 aliphatic rings. The lowest BCUT2D eigenvalue weighted by molar-refractivity contribution is 0.454. The van der Waals surface area contributed by atoms with Crippen LogP contribution >= 0.6 is 24.0 Å². The maximum absolute atomic E-state index is 5.89. The maximum Gasteiger partial charge on any atom is 0.184 e. The van der Waals surface area contributed by atoms with Gasteiger partial charge in [0.15, 0.2) is 5.11 Å². The van der Waals surface area contributed by atoms with E-state index in [0.717, 1.165) is 32.6 Å². The first kappa shape index (κ1) is 13.9. The fraction of sp³-hybridized carbons (Fsp3) is 0.0667. The second-order valence-corrected chi connectivity index (χ2v) is 6.01. The van der Waals surface area contributed by atoms with Crippen molar-refractivity contribution in [3.05, 3.63) is 48.0 Å². The van der Waals surface area contributed by atoms with Gasteiger partial charge in [0.05, 0.1) is 15.5 Å². The third-order valence-electron chi connectivity index (χ3n) is 2.98. The average Bonchev–Trinajstić information content (AvgIpc) is 2.50. The van der Waals surface area contributed by atoms with E-state index in [0.29, 0.717) is 0 Å². The zero-order chi connectivity index (χ0) is 14.8. The van der Waals surface area contributed by atoms with Crippen LogP contribution in [0.3, 0.4) is 0 Å². The number of ether oxygens (including phenoxy) is 1. The normalized spacial score (nSPS) is 12.9. The standard InChI is InChI=1S/C15H13N3OS2/c1-9(17-18-15(16)20)10-6-7-12-14(8-10)21-13-5-3-2-4-11(13)19-12/h2-8H,1H3,(H3,16,18,20)/b17-9+. The van der Waals surface area contributed by atoms with Crippen LogP contribution in [-0.4, -0.2) is 10.8 Å². The third kappa shape index (κ3) is 3.01. The summed E-state index contributed by atoms with van der Waals surface area (Å²) in [6.45, 7) is 1.90. The molecular formula is C15H13N3OS2. The van der Waals surface area contributed by atoms with Crippen LogP contribution in [0.1, 0.15) is 12.5 Å². The minimum absolute atomic E-state index is 0.152. The molecule has 4 nitrogen and oxygen atoms in total. The summed E-state index contributed by atoms with van der Waals surface area (Å²) in [5.41, 5.74) is 9.77. The maximum atomic E-state index is 5.89. The van der Waals surface area contributed by atoms with Gasteiger partial charge in [0, 0.05) is 0 Å². The first-order valence-corrected chi connectivity index (χ1v) is 7.55. The average molecular weight is 315 g/mol. The fourth-order valence-electron chi connectivity index (χ4n) is 1.96. The monoisotopic (exact) mass is 315 g/mol. The van der Waals surface area contributed by atoms with Gasteiger partial charge in [0.25, 0.3) is 0 Å². The largest absolute Gasteiger partial charge is 0.455 e. The van der Waals surface area contributed by atoms with Gasteiger partial charge in [0.2, 0.25) is 0 Å². The molecule has 2 aromatic rings. The molecule has 6 heteroatoms. The highest BCUT2D eigenvalue weighted by Gasteiger charge is 2.17. The number of fused-ring (bicyclic) bond motifs is 2. The van der Waals surface area contributed by atoms with Crippen molar-refractivity contribution in [2.75, 3.05) is 0 Å². The van der Waals surface area contributed by atoms with E-state index in [4.69, 9.17) is 22.7 Å². The first-order chi connectivity index (χ1) is 10.1. The van der Waals surface area contributed by atoms with E-state index in [1.165, 1.54) is 0 Å². The van der Waals surface area contributed by atoms with Crippen LogP contribution in [0, 0.1) is 0 Å². The van der Waals surface area contributed by atoms with Gasteiger partial charge < -0.3 is 10.5 Å². The van der Waals surface area contributed by atoms with Crippen LogP contribution < -0.4 is 15.9 Å². The summed E-state index contributed by atoms with van der Waals surface area (Å²) in [7, 11) is 0. The van der Waals surface area contributed by atoms with Gasteiger partial charge in [-0.3, -0.25) is 5.43 Å². The summed E-state index contributed by atoms with van der Waals surface area (Å²) in [6.07, 6.45) is 0. The molecule has 0 amide bonds. The van der Waals surface area contributed by atoms with E-state index in [1.807, 2.05) is 43.3 Å². The van der Waals surface area contributed by atoms with Crippen molar-refractivity contribution in [3.8, 4) is 11.5 Å². The van der Waals surface area contributed by atoms with E-state index >= 15 is 0 Å². The molecule has 0 saturated carbocycles. The predicted octanol–water partition coefficient (Wildman–Crippen LogP) is 3.50. The van der Waals surface area contributed by atoms with Gasteiger partial charge in [-0.05, 0) is 55.0 Å². The molecular weight excluding hydrogens is 302 g/mol. The zero-order valence-corrected chi connectivity index (χ0v) is 12.9. The van der Waals surface area contributed by atoms with Crippen LogP contribution in [0.15, 0.2) is 57.4 Å². The van der Waals surface area contributed by atoms with Crippen molar-refractivity contribution in [1.29, 1.82) is 0 Å². The van der Waals surface area contributed by atoms with Crippen LogP contribution in [0.4, 0.5) is 0 Å². The Morgan fingerprint density at radius 2 is 1.95 bits per heavy atom. The molecule has 3 rings (SSSR count). The van der Waals surface area contributed by atoms with Gasteiger partial charge in [0.1, 0.15) is 11.5 Å². The number of hydrazone groups is 1. The summed E-state index contributed by atoms with van der Waals surface area (Å²) in [6, 6.07) is 14.0. The number of thiocarbonyl (C=S) groups is 1. The quantitative estimate of drug-likeness (QED) is 0.430. The highest BCUT2D eigenvalue weighted by Crippen LogP contribution is 2.46. The van der Waals surface area contributed by atoms with E-state index in [-0.39, 0.29) is 5.11 Å². The molecule has 0 aromatic heterocycles. The second-order valence-electron chi connectivity index (χ2n) is 4.49. The smallest absolute Gasteiger partial charge is 0.184 e. The van der Waals surface area contributed by atoms with Crippen LogP contribution in [-0.2, 0) is 0 Å². The van der Waals surface area contributed by atoms with Crippen LogP contribution in [0.25, 0.3) is 0 Å². The molecule has 3 N–H and O–H groups in total. The van der Waals surface area contributed by atoms with Gasteiger partial charge in [-0.25, -0.2) is 0 Å². The van der Waals surface area contributed by atoms with E-state index in [1.54, 1.807) is 11.8 Å². The van der Waals surface area contributed by atoms with Crippen LogP contribution in [0.2, 0.25) is 0 Å². The molecule has 1 aliphatic heterocycles. The van der Waals surface area contributed by atoms with Crippen molar-refractivity contribution in [2.24, 2.45) is 10.8 Å². The van der Waals surface area contributed by atoms with Crippen LogP contribution in [0.5, 0.6) is 11.5 Å². The summed E-state index contributed by atoms with van der Waals surface area (Å²) < 4.78 is 5.89. The molecule has 0 aliphatic carbocycles. The number of hydrogen-bond acceptors (Lipinski definition) is 4. The molecule has 0 saturated heterocycles. The Bertz CT molecular complexity index is 743. The minimum Gasteiger partial charge on any atom is -0.455 e. The van der Waals surface area contributed by atoms with Gasteiger partial charge in [-0.1, -0.05) is 23.9 Å². The lowest BCUT2D eigenvalue weighted by Gasteiger charge is -2.19. The van der Waals surface area contributed by atoms with Crippen molar-refractivity contribution >= 4 is 34.8 Å². The minimum atomic E-state index is 0.152. The third-order valence-corrected chi connectivity index (χ3v) is 4.17. The zero-order valence-electron chi connectivity index (χ0n) is 11.3. The lowest BCUT2D eigenvalue weighted by Crippen LogP contribution is -2.25. The Morgan fingerprint density at radius 1 is 1.19 bits per heavy atom. The number of nitrogens with two attached hydrogens (primary N) is 1. The second kappa shape index (κ2) is 5.75. The Hall–Kier alpha value is -2.05. The number of rotatable bonds is 2. The lowest BCUT2D eigenvalue weighted by atomic mass is 10.1. The Labute approximate surface area is 132 Å². The summed E-state index contributed by atoms with van der Waals surface area (Å²) >= 11 is 6.43. The number of benzene rings is 2. The molecule has 21 heavy (non-hydrogen) atoms. The number of nitrogens with one attached hydrogen (secondary N) is 1. The molecule has 0 radical (unpaired) electrons. The van der Waals surface area contributed by atoms with Gasteiger partial charge in [-0.15, -0.1) is 0 Å². The summed E-state index contributed by atoms with van der Waals surface area (Å²) in [5, 5.41) is 4.29. The topological polar surface area (TPSA) is 59.6 Å². The first-order valence-electron chi connectivity index (χ1n) is 6.32. The molecule has 2 aromatic carbocycles. The van der Waals surface area contributed by atoms with Crippen molar-refractivity contribution < 1.29 is 4.74 Å². The molecule has 0 unspecified atom stereocenters. The van der Waals surface area contributed by atoms with Gasteiger partial charge in [-0.2, -0.15) is 5.10 Å². The van der Waals surface area contributed by atoms with Crippen molar-refractivity contribution in [2.45, 2.75) is 16.7 Å². The highest BCUT2D eigenvalue weighted by molar-refractivity contribution is 7.99. The number of hydrogen-bond donors (Lipinski definition) is 2. The van der Waals surface area contributed by atoms with Crippen molar-refractivity contribution in [1.82, 2.24) is 5.43 Å². The molecule has 0 spiro atoms. The predicted molar refractivity (Wildman–Crippen MR) is 89.2 cm³/mol. The number of para-hydroxylation sites is 1. The Kier molecular flexibility index (Phi) is 3.81. The molecule has 106 valence electrons. The van der Waals surface area contributed by atoms with Gasteiger partial charge >= 0.3 is 0 Å². The summed E-state index contributed by atoms with van der Waals surface area (Å²) in [4.78, 5) is 2.18. The molecule has 0 bridgehead atoms. The van der Waals surface area contributed by atoms with E-state index in [9.17, 15) is 0 Å². The van der Waals surface area contributed by atoms with E-state index < -0.39 is 0 Å². The Morgan fingerprint density at radius 3 is 2.76 bits per heavy atom. The molecule has 1 heterocycles. The van der Waals surface area contributed by atoms with E-state index in [2.05, 4.69) is 16.6 Å². The highest BCUT2D eigenvalue weighted by atomic mass is 32.2. The Balaban J connectivity index is 1.90. The summed E-state index contributed by atoms with van der Waals surface area (Å²) in [5.74, 6) is 1.75. The molecule has 0 atom stereocenters. The van der Waals surface area contributed by atoms with Crippen molar-refractivity contribution in [3.63, 3.8) is 0 Å². The molecule has 0 fully saturated rings. The SMILES string of the molecule is C/C(=N\NC(N)=S)c1ccc2c(c1)Sc1ccccc1O2. The fourth-order valence-corrected chi connectivity index (χ4v) is 2.99.